The predicted octanol–water partition coefficient (Wildman–Crippen LogP) is 3.45. The van der Waals surface area contributed by atoms with Gasteiger partial charge in [-0.1, -0.05) is 0 Å². The van der Waals surface area contributed by atoms with Crippen molar-refractivity contribution >= 4 is 15.9 Å². The molecule has 0 radical (unpaired) electrons. The van der Waals surface area contributed by atoms with Crippen LogP contribution >= 0.6 is 0 Å². The molecule has 6 rings (SSSR count). The van der Waals surface area contributed by atoms with Gasteiger partial charge in [-0.25, -0.2) is 12.8 Å². The average Bonchev–Trinajstić information content (AvgIpc) is 3.09. The summed E-state index contributed by atoms with van der Waals surface area (Å²) < 4.78 is 40.7. The maximum absolute atomic E-state index is 13.2. The van der Waals surface area contributed by atoms with E-state index in [2.05, 4.69) is 5.32 Å². The quantitative estimate of drug-likeness (QED) is 0.793. The highest BCUT2D eigenvalue weighted by Gasteiger charge is 2.51. The number of carbonyl (C=O) groups is 1. The van der Waals surface area contributed by atoms with E-state index in [4.69, 9.17) is 0 Å². The first kappa shape index (κ1) is 19.5. The number of hydrogen-bond donors (Lipinski definition) is 1. The summed E-state index contributed by atoms with van der Waals surface area (Å²) in [5.74, 6) is 1.78. The second kappa shape index (κ2) is 7.05. The first-order chi connectivity index (χ1) is 13.8. The molecule has 1 aromatic carbocycles. The van der Waals surface area contributed by atoms with Crippen LogP contribution in [0.4, 0.5) is 4.39 Å². The molecule has 158 valence electrons. The molecule has 4 saturated carbocycles. The summed E-state index contributed by atoms with van der Waals surface area (Å²) in [7, 11) is -3.72. The molecular formula is C22H29FN2O3S. The number of halogens is 1. The van der Waals surface area contributed by atoms with Crippen molar-refractivity contribution in [1.29, 1.82) is 0 Å². The number of nitrogens with zero attached hydrogens (tertiary/aromatic N) is 1. The Morgan fingerprint density at radius 2 is 1.66 bits per heavy atom. The maximum atomic E-state index is 13.2. The van der Waals surface area contributed by atoms with E-state index in [1.807, 2.05) is 0 Å². The first-order valence-electron chi connectivity index (χ1n) is 10.9. The Hall–Kier alpha value is -1.47. The number of amides is 1. The zero-order valence-corrected chi connectivity index (χ0v) is 17.5. The van der Waals surface area contributed by atoms with E-state index >= 15 is 0 Å². The van der Waals surface area contributed by atoms with Crippen LogP contribution in [0.15, 0.2) is 29.2 Å². The molecule has 4 bridgehead atoms. The number of hydrogen-bond acceptors (Lipinski definition) is 3. The third kappa shape index (κ3) is 3.61. The number of nitrogens with one attached hydrogen (secondary N) is 1. The van der Waals surface area contributed by atoms with Gasteiger partial charge in [-0.3, -0.25) is 4.79 Å². The minimum Gasteiger partial charge on any atom is -0.351 e. The summed E-state index contributed by atoms with van der Waals surface area (Å²) in [4.78, 5) is 13.0. The van der Waals surface area contributed by atoms with Crippen LogP contribution in [-0.2, 0) is 14.8 Å². The normalized spacial score (nSPS) is 36.4. The Labute approximate surface area is 172 Å². The van der Waals surface area contributed by atoms with Gasteiger partial charge in [-0.05, 0) is 93.4 Å². The highest BCUT2D eigenvalue weighted by Crippen LogP contribution is 2.55. The molecule has 1 N–H and O–H groups in total. The van der Waals surface area contributed by atoms with E-state index in [9.17, 15) is 17.6 Å². The summed E-state index contributed by atoms with van der Waals surface area (Å²) in [5.41, 5.74) is -0.0505. The van der Waals surface area contributed by atoms with Crippen molar-refractivity contribution in [3.05, 3.63) is 30.1 Å². The van der Waals surface area contributed by atoms with Gasteiger partial charge in [-0.15, -0.1) is 0 Å². The minimum atomic E-state index is -3.72. The second-order valence-electron chi connectivity index (χ2n) is 9.82. The lowest BCUT2D eigenvalue weighted by Gasteiger charge is -2.57. The fourth-order valence-corrected chi connectivity index (χ4v) is 8.59. The molecule has 1 amide bonds. The Morgan fingerprint density at radius 1 is 1.07 bits per heavy atom. The van der Waals surface area contributed by atoms with Gasteiger partial charge < -0.3 is 5.32 Å². The molecule has 7 heteroatoms. The van der Waals surface area contributed by atoms with Crippen molar-refractivity contribution < 1.29 is 17.6 Å². The lowest BCUT2D eigenvalue weighted by atomic mass is 9.53. The molecule has 0 aromatic heterocycles. The van der Waals surface area contributed by atoms with E-state index in [0.717, 1.165) is 55.6 Å². The van der Waals surface area contributed by atoms with Gasteiger partial charge in [0.2, 0.25) is 15.9 Å². The lowest BCUT2D eigenvalue weighted by molar-refractivity contribution is -0.127. The SMILES string of the molecule is O=C(CC1CCCN1S(=O)(=O)c1ccc(F)cc1)NC12CC3CC(CC(C3)C1)C2. The molecule has 4 aliphatic carbocycles. The topological polar surface area (TPSA) is 66.5 Å². The standard InChI is InChI=1S/C22H29FN2O3S/c23-18-3-5-20(6-4-18)29(27,28)25-7-1-2-19(25)11-21(26)24-22-12-15-8-16(13-22)10-17(9-15)14-22/h3-6,15-17,19H,1-2,7-14H2,(H,24,26). The van der Waals surface area contributed by atoms with Crippen LogP contribution in [0, 0.1) is 23.6 Å². The van der Waals surface area contributed by atoms with Crippen molar-refractivity contribution in [2.45, 2.75) is 74.3 Å². The third-order valence-corrected chi connectivity index (χ3v) is 9.57. The molecule has 1 aliphatic heterocycles. The van der Waals surface area contributed by atoms with Crippen LogP contribution in [0.25, 0.3) is 0 Å². The van der Waals surface area contributed by atoms with Gasteiger partial charge in [0.1, 0.15) is 5.82 Å². The Morgan fingerprint density at radius 3 is 2.24 bits per heavy atom. The summed E-state index contributed by atoms with van der Waals surface area (Å²) in [6.45, 7) is 0.412. The molecule has 1 heterocycles. The van der Waals surface area contributed by atoms with Crippen LogP contribution in [0.5, 0.6) is 0 Å². The van der Waals surface area contributed by atoms with Crippen molar-refractivity contribution in [2.24, 2.45) is 17.8 Å². The number of benzene rings is 1. The Kier molecular flexibility index (Phi) is 4.74. The fraction of sp³-hybridized carbons (Fsp3) is 0.682. The Balaban J connectivity index is 1.27. The van der Waals surface area contributed by atoms with Gasteiger partial charge in [0.25, 0.3) is 0 Å². The first-order valence-corrected chi connectivity index (χ1v) is 12.4. The molecule has 1 saturated heterocycles. The zero-order chi connectivity index (χ0) is 20.2. The summed E-state index contributed by atoms with van der Waals surface area (Å²) in [6, 6.07) is 4.61. The molecule has 1 unspecified atom stereocenters. The van der Waals surface area contributed by atoms with Gasteiger partial charge in [0.15, 0.2) is 0 Å². The van der Waals surface area contributed by atoms with Gasteiger partial charge in [0.05, 0.1) is 4.90 Å². The van der Waals surface area contributed by atoms with E-state index in [1.165, 1.54) is 35.7 Å². The number of sulfonamides is 1. The lowest BCUT2D eigenvalue weighted by Crippen LogP contribution is -2.60. The fourth-order valence-electron chi connectivity index (χ4n) is 6.90. The summed E-state index contributed by atoms with van der Waals surface area (Å²) in [5, 5.41) is 3.36. The molecular weight excluding hydrogens is 391 g/mol. The summed E-state index contributed by atoms with van der Waals surface area (Å²) >= 11 is 0. The largest absolute Gasteiger partial charge is 0.351 e. The molecule has 5 nitrogen and oxygen atoms in total. The second-order valence-corrected chi connectivity index (χ2v) is 11.7. The molecule has 1 atom stereocenters. The van der Waals surface area contributed by atoms with Crippen LogP contribution in [0.2, 0.25) is 0 Å². The molecule has 1 aromatic rings. The number of rotatable bonds is 5. The van der Waals surface area contributed by atoms with E-state index in [1.54, 1.807) is 0 Å². The van der Waals surface area contributed by atoms with E-state index in [0.29, 0.717) is 13.0 Å². The highest BCUT2D eigenvalue weighted by atomic mass is 32.2. The minimum absolute atomic E-state index is 0.0156. The highest BCUT2D eigenvalue weighted by molar-refractivity contribution is 7.89. The van der Waals surface area contributed by atoms with Crippen molar-refractivity contribution in [3.63, 3.8) is 0 Å². The molecule has 5 fully saturated rings. The molecule has 29 heavy (non-hydrogen) atoms. The average molecular weight is 421 g/mol. The van der Waals surface area contributed by atoms with Crippen molar-refractivity contribution in [3.8, 4) is 0 Å². The Bertz CT molecular complexity index is 864. The monoisotopic (exact) mass is 420 g/mol. The third-order valence-electron chi connectivity index (χ3n) is 7.61. The van der Waals surface area contributed by atoms with Crippen LogP contribution in [0.3, 0.4) is 0 Å². The molecule has 0 spiro atoms. The number of carbonyl (C=O) groups excluding carboxylic acids is 1. The van der Waals surface area contributed by atoms with Gasteiger partial charge in [-0.2, -0.15) is 4.31 Å². The van der Waals surface area contributed by atoms with Crippen LogP contribution in [-0.4, -0.2) is 36.8 Å². The van der Waals surface area contributed by atoms with E-state index in [-0.39, 0.29) is 28.8 Å². The predicted molar refractivity (Wildman–Crippen MR) is 107 cm³/mol. The van der Waals surface area contributed by atoms with Gasteiger partial charge in [0, 0.05) is 24.5 Å². The van der Waals surface area contributed by atoms with Gasteiger partial charge >= 0.3 is 0 Å². The van der Waals surface area contributed by atoms with E-state index < -0.39 is 15.8 Å². The van der Waals surface area contributed by atoms with Crippen molar-refractivity contribution in [1.82, 2.24) is 9.62 Å². The van der Waals surface area contributed by atoms with Crippen LogP contribution in [0.1, 0.15) is 57.8 Å². The summed E-state index contributed by atoms with van der Waals surface area (Å²) in [6.07, 6.45) is 8.88. The maximum Gasteiger partial charge on any atom is 0.243 e. The zero-order valence-electron chi connectivity index (χ0n) is 16.6. The molecule has 5 aliphatic rings. The smallest absolute Gasteiger partial charge is 0.243 e. The van der Waals surface area contributed by atoms with Crippen molar-refractivity contribution in [2.75, 3.05) is 6.54 Å². The van der Waals surface area contributed by atoms with Crippen LogP contribution < -0.4 is 5.32 Å².